The van der Waals surface area contributed by atoms with Crippen LogP contribution in [0.25, 0.3) is 5.65 Å². The predicted molar refractivity (Wildman–Crippen MR) is 104 cm³/mol. The lowest BCUT2D eigenvalue weighted by Gasteiger charge is -2.24. The van der Waals surface area contributed by atoms with Gasteiger partial charge in [0, 0.05) is 29.0 Å². The van der Waals surface area contributed by atoms with Crippen molar-refractivity contribution < 1.29 is 0 Å². The first-order valence-electron chi connectivity index (χ1n) is 8.28. The molecule has 4 rings (SSSR count). The van der Waals surface area contributed by atoms with Gasteiger partial charge in [0.15, 0.2) is 0 Å². The number of fused-ring (bicyclic) bond motifs is 2. The zero-order valence-corrected chi connectivity index (χ0v) is 15.4. The summed E-state index contributed by atoms with van der Waals surface area (Å²) in [5.41, 5.74) is 2.52. The van der Waals surface area contributed by atoms with E-state index in [1.807, 2.05) is 11.8 Å². The van der Waals surface area contributed by atoms with E-state index in [0.717, 1.165) is 18.7 Å². The zero-order chi connectivity index (χ0) is 17.4. The molecule has 0 amide bonds. The first-order chi connectivity index (χ1) is 12.1. The number of nitrogens with zero attached hydrogens (tertiary/aromatic N) is 3. The fraction of sp³-hybridized carbons (Fsp3) is 0.263. The van der Waals surface area contributed by atoms with Crippen LogP contribution in [0.4, 0.5) is 5.69 Å². The second-order valence-corrected chi connectivity index (χ2v) is 8.18. The van der Waals surface area contributed by atoms with Gasteiger partial charge < -0.3 is 4.90 Å². The molecule has 0 N–H and O–H groups in total. The van der Waals surface area contributed by atoms with Gasteiger partial charge in [-0.05, 0) is 30.7 Å². The quantitative estimate of drug-likeness (QED) is 0.675. The summed E-state index contributed by atoms with van der Waals surface area (Å²) in [6.45, 7) is 3.83. The van der Waals surface area contributed by atoms with Crippen LogP contribution in [0.5, 0.6) is 0 Å². The van der Waals surface area contributed by atoms with E-state index in [1.54, 1.807) is 24.4 Å². The summed E-state index contributed by atoms with van der Waals surface area (Å²) in [5.74, 6) is 0. The monoisotopic (exact) mass is 371 g/mol. The average molecular weight is 372 g/mol. The number of thioether (sulfide) groups is 1. The molecule has 1 atom stereocenters. The van der Waals surface area contributed by atoms with Crippen molar-refractivity contribution in [2.75, 3.05) is 11.4 Å². The van der Waals surface area contributed by atoms with E-state index in [0.29, 0.717) is 22.5 Å². The minimum Gasteiger partial charge on any atom is -0.365 e. The number of rotatable bonds is 2. The van der Waals surface area contributed by atoms with Crippen molar-refractivity contribution in [1.82, 2.24) is 9.38 Å². The number of aromatic nitrogens is 2. The summed E-state index contributed by atoms with van der Waals surface area (Å²) in [6, 6.07) is 13.6. The van der Waals surface area contributed by atoms with Crippen LogP contribution < -0.4 is 10.5 Å². The molecule has 0 radical (unpaired) electrons. The maximum atomic E-state index is 12.4. The van der Waals surface area contributed by atoms with Gasteiger partial charge in [-0.25, -0.2) is 4.98 Å². The highest BCUT2D eigenvalue weighted by molar-refractivity contribution is 8.00. The Morgan fingerprint density at radius 1 is 1.28 bits per heavy atom. The average Bonchev–Trinajstić information content (AvgIpc) is 2.75. The third-order valence-electron chi connectivity index (χ3n) is 4.37. The van der Waals surface area contributed by atoms with Gasteiger partial charge in [-0.2, -0.15) is 0 Å². The van der Waals surface area contributed by atoms with E-state index in [9.17, 15) is 4.79 Å². The van der Waals surface area contributed by atoms with Crippen molar-refractivity contribution in [3.63, 3.8) is 0 Å². The Hall–Kier alpha value is -1.98. The van der Waals surface area contributed by atoms with Gasteiger partial charge in [0.05, 0.1) is 22.9 Å². The molecule has 1 aliphatic heterocycles. The summed E-state index contributed by atoms with van der Waals surface area (Å²) in [6.07, 6.45) is 2.71. The highest BCUT2D eigenvalue weighted by Crippen LogP contribution is 2.37. The third kappa shape index (κ3) is 3.39. The molecular formula is C19H18ClN3OS. The van der Waals surface area contributed by atoms with Crippen molar-refractivity contribution in [1.29, 1.82) is 0 Å². The predicted octanol–water partition coefficient (Wildman–Crippen LogP) is 4.24. The molecule has 6 heteroatoms. The van der Waals surface area contributed by atoms with E-state index in [1.165, 1.54) is 15.0 Å². The van der Waals surface area contributed by atoms with Crippen LogP contribution >= 0.6 is 23.4 Å². The molecule has 25 heavy (non-hydrogen) atoms. The number of halogens is 1. The molecule has 0 fully saturated rings. The summed E-state index contributed by atoms with van der Waals surface area (Å²) in [4.78, 5) is 20.7. The van der Waals surface area contributed by atoms with Gasteiger partial charge in [-0.3, -0.25) is 9.20 Å². The Labute approximate surface area is 155 Å². The first-order valence-corrected chi connectivity index (χ1v) is 9.54. The van der Waals surface area contributed by atoms with E-state index >= 15 is 0 Å². The molecule has 1 aromatic carbocycles. The lowest BCUT2D eigenvalue weighted by molar-refractivity contribution is 0.719. The van der Waals surface area contributed by atoms with Crippen molar-refractivity contribution in [2.24, 2.45) is 0 Å². The Kier molecular flexibility index (Phi) is 4.44. The Balaban J connectivity index is 1.71. The fourth-order valence-corrected chi connectivity index (χ4v) is 4.41. The lowest BCUT2D eigenvalue weighted by atomic mass is 10.2. The highest BCUT2D eigenvalue weighted by Gasteiger charge is 2.20. The van der Waals surface area contributed by atoms with Crippen molar-refractivity contribution >= 4 is 34.7 Å². The van der Waals surface area contributed by atoms with E-state index in [2.05, 4.69) is 41.1 Å². The van der Waals surface area contributed by atoms with Gasteiger partial charge in [0.2, 0.25) is 0 Å². The van der Waals surface area contributed by atoms with Gasteiger partial charge in [-0.1, -0.05) is 30.7 Å². The standard InChI is InChI=1S/C19H18ClN3OS/c1-13-8-9-22(16-4-2-3-5-17(16)25-13)12-15-10-19(24)23-11-14(20)6-7-18(23)21-15/h2-7,10-11,13H,8-9,12H2,1H3. The van der Waals surface area contributed by atoms with Crippen LogP contribution in [-0.4, -0.2) is 21.2 Å². The topological polar surface area (TPSA) is 37.6 Å². The number of pyridine rings is 1. The Morgan fingerprint density at radius 3 is 3.00 bits per heavy atom. The second kappa shape index (κ2) is 6.73. The number of anilines is 1. The lowest BCUT2D eigenvalue weighted by Crippen LogP contribution is -2.26. The summed E-state index contributed by atoms with van der Waals surface area (Å²) < 4.78 is 1.49. The molecule has 0 saturated heterocycles. The maximum Gasteiger partial charge on any atom is 0.258 e. The summed E-state index contributed by atoms with van der Waals surface area (Å²) in [7, 11) is 0. The molecule has 3 heterocycles. The molecule has 1 aliphatic rings. The Morgan fingerprint density at radius 2 is 2.12 bits per heavy atom. The van der Waals surface area contributed by atoms with E-state index in [-0.39, 0.29) is 5.56 Å². The number of benzene rings is 1. The molecule has 0 spiro atoms. The van der Waals surface area contributed by atoms with Crippen molar-refractivity contribution in [3.8, 4) is 0 Å². The molecular weight excluding hydrogens is 354 g/mol. The summed E-state index contributed by atoms with van der Waals surface area (Å²) in [5, 5.41) is 1.10. The van der Waals surface area contributed by atoms with Crippen LogP contribution in [-0.2, 0) is 6.54 Å². The maximum absolute atomic E-state index is 12.4. The van der Waals surface area contributed by atoms with E-state index < -0.39 is 0 Å². The van der Waals surface area contributed by atoms with Crippen LogP contribution in [0.15, 0.2) is 58.4 Å². The third-order valence-corrected chi connectivity index (χ3v) is 5.83. The van der Waals surface area contributed by atoms with Gasteiger partial charge >= 0.3 is 0 Å². The van der Waals surface area contributed by atoms with Crippen LogP contribution in [0.1, 0.15) is 19.0 Å². The van der Waals surface area contributed by atoms with Crippen molar-refractivity contribution in [3.05, 3.63) is 69.7 Å². The van der Waals surface area contributed by atoms with Crippen molar-refractivity contribution in [2.45, 2.75) is 30.0 Å². The highest BCUT2D eigenvalue weighted by atomic mass is 35.5. The number of hydrogen-bond donors (Lipinski definition) is 0. The molecule has 4 nitrogen and oxygen atoms in total. The van der Waals surface area contributed by atoms with Gasteiger partial charge in [0.1, 0.15) is 5.65 Å². The van der Waals surface area contributed by atoms with Gasteiger partial charge in [-0.15, -0.1) is 11.8 Å². The number of para-hydroxylation sites is 1. The van der Waals surface area contributed by atoms with Crippen LogP contribution in [0.2, 0.25) is 5.02 Å². The molecule has 0 bridgehead atoms. The normalized spacial score (nSPS) is 17.4. The second-order valence-electron chi connectivity index (χ2n) is 6.27. The zero-order valence-electron chi connectivity index (χ0n) is 13.9. The first kappa shape index (κ1) is 16.5. The molecule has 3 aromatic rings. The molecule has 2 aromatic heterocycles. The summed E-state index contributed by atoms with van der Waals surface area (Å²) >= 11 is 7.89. The SMILES string of the molecule is CC1CCN(Cc2cc(=O)n3cc(Cl)ccc3n2)c2ccccc2S1. The smallest absolute Gasteiger partial charge is 0.258 e. The minimum absolute atomic E-state index is 0.103. The van der Waals surface area contributed by atoms with Crippen LogP contribution in [0.3, 0.4) is 0 Å². The molecule has 0 saturated carbocycles. The largest absolute Gasteiger partial charge is 0.365 e. The number of hydrogen-bond acceptors (Lipinski definition) is 4. The molecule has 128 valence electrons. The van der Waals surface area contributed by atoms with Crippen LogP contribution in [0, 0.1) is 0 Å². The molecule has 0 aliphatic carbocycles. The minimum atomic E-state index is -0.103. The Bertz CT molecular complexity index is 988. The van der Waals surface area contributed by atoms with Gasteiger partial charge in [0.25, 0.3) is 5.56 Å². The molecule has 1 unspecified atom stereocenters. The van der Waals surface area contributed by atoms with E-state index in [4.69, 9.17) is 11.6 Å². The fourth-order valence-electron chi connectivity index (χ4n) is 3.12.